The summed E-state index contributed by atoms with van der Waals surface area (Å²) >= 11 is 1.40. The van der Waals surface area contributed by atoms with Gasteiger partial charge in [0.05, 0.1) is 6.07 Å². The molecule has 11 heteroatoms. The summed E-state index contributed by atoms with van der Waals surface area (Å²) in [5.74, 6) is -7.51. The highest BCUT2D eigenvalue weighted by Gasteiger charge is 2.85. The Kier molecular flexibility index (Phi) is 7.29. The number of thioether (sulfide) groups is 1. The van der Waals surface area contributed by atoms with Gasteiger partial charge in [0.25, 0.3) is 0 Å². The van der Waals surface area contributed by atoms with Crippen molar-refractivity contribution in [2.75, 3.05) is 6.26 Å². The summed E-state index contributed by atoms with van der Waals surface area (Å²) < 4.78 is 88.2. The maximum absolute atomic E-state index is 14.7. The summed E-state index contributed by atoms with van der Waals surface area (Å²) in [6.45, 7) is -0.535. The number of alkyl halides is 6. The molecule has 3 aromatic carbocycles. The molecule has 0 aliphatic carbocycles. The first kappa shape index (κ1) is 28.2. The van der Waals surface area contributed by atoms with Crippen LogP contribution >= 0.6 is 11.8 Å². The van der Waals surface area contributed by atoms with Crippen molar-refractivity contribution < 1.29 is 35.9 Å². The summed E-state index contributed by atoms with van der Waals surface area (Å²) in [5, 5.41) is 9.65. The van der Waals surface area contributed by atoms with E-state index in [0.29, 0.717) is 10.5 Å². The third kappa shape index (κ3) is 4.18. The van der Waals surface area contributed by atoms with Crippen LogP contribution in [-0.2, 0) is 21.7 Å². The van der Waals surface area contributed by atoms with E-state index in [1.807, 2.05) is 6.26 Å². The summed E-state index contributed by atoms with van der Waals surface area (Å²) in [5.41, 5.74) is -8.35. The van der Waals surface area contributed by atoms with Crippen molar-refractivity contribution >= 4 is 23.5 Å². The lowest BCUT2D eigenvalue weighted by molar-refractivity contribution is -0.340. The first-order chi connectivity index (χ1) is 18.4. The molecule has 1 amide bonds. The predicted octanol–water partition coefficient (Wildman–Crippen LogP) is 6.51. The lowest BCUT2D eigenvalue weighted by atomic mass is 9.58. The number of benzene rings is 3. The fourth-order valence-electron chi connectivity index (χ4n) is 5.15. The summed E-state index contributed by atoms with van der Waals surface area (Å²) in [4.78, 5) is 29.6. The van der Waals surface area contributed by atoms with E-state index in [9.17, 15) is 41.2 Å². The van der Waals surface area contributed by atoms with Gasteiger partial charge in [-0.05, 0) is 35.1 Å². The third-order valence-electron chi connectivity index (χ3n) is 6.94. The second kappa shape index (κ2) is 10.1. The Labute approximate surface area is 224 Å². The van der Waals surface area contributed by atoms with Crippen LogP contribution in [0.3, 0.4) is 0 Å². The summed E-state index contributed by atoms with van der Waals surface area (Å²) in [6.07, 6.45) is -10.8. The number of hydrogen-bond donors (Lipinski definition) is 0. The van der Waals surface area contributed by atoms with Gasteiger partial charge in [0, 0.05) is 11.4 Å². The fourth-order valence-corrected chi connectivity index (χ4v) is 5.56. The van der Waals surface area contributed by atoms with E-state index in [2.05, 4.69) is 0 Å². The monoisotopic (exact) mass is 562 g/mol. The van der Waals surface area contributed by atoms with Crippen LogP contribution in [0, 0.1) is 22.7 Å². The minimum absolute atomic E-state index is 0.274. The number of carbonyl (C=O) groups is 2. The molecule has 39 heavy (non-hydrogen) atoms. The zero-order chi connectivity index (χ0) is 28.6. The maximum Gasteiger partial charge on any atom is 0.412 e. The molecule has 202 valence electrons. The molecule has 0 saturated carbocycles. The van der Waals surface area contributed by atoms with Crippen LogP contribution in [0.2, 0.25) is 0 Å². The van der Waals surface area contributed by atoms with Crippen molar-refractivity contribution in [2.24, 2.45) is 11.3 Å². The minimum atomic E-state index is -6.32. The molecular weight excluding hydrogens is 542 g/mol. The molecule has 1 heterocycles. The van der Waals surface area contributed by atoms with Gasteiger partial charge in [0.15, 0.2) is 17.2 Å². The molecule has 0 aromatic heterocycles. The molecule has 1 aliphatic rings. The number of amides is 1. The molecule has 1 fully saturated rings. The number of carbonyl (C=O) groups excluding carboxylic acids is 2. The number of Topliss-reactive ketones (excluding diaryl/α,β-unsaturated/α-hetero) is 1. The van der Waals surface area contributed by atoms with Crippen LogP contribution in [0.25, 0.3) is 0 Å². The normalized spacial score (nSPS) is 19.0. The lowest BCUT2D eigenvalue weighted by Crippen LogP contribution is -2.75. The molecule has 3 aromatic rings. The number of ketones is 1. The summed E-state index contributed by atoms with van der Waals surface area (Å²) in [6, 6.07) is 20.5. The highest BCUT2D eigenvalue weighted by molar-refractivity contribution is 7.98. The molecule has 0 N–H and O–H groups in total. The Morgan fingerprint density at radius 1 is 0.821 bits per heavy atom. The van der Waals surface area contributed by atoms with Crippen molar-refractivity contribution in [2.45, 2.75) is 29.3 Å². The molecule has 4 nitrogen and oxygen atoms in total. The topological polar surface area (TPSA) is 61.2 Å². The van der Waals surface area contributed by atoms with Crippen LogP contribution < -0.4 is 0 Å². The average Bonchev–Trinajstić information content (AvgIpc) is 2.90. The zero-order valence-corrected chi connectivity index (χ0v) is 21.1. The Hall–Kier alpha value is -3.78. The van der Waals surface area contributed by atoms with E-state index in [-0.39, 0.29) is 11.1 Å². The van der Waals surface area contributed by atoms with E-state index in [0.717, 1.165) is 11.0 Å². The van der Waals surface area contributed by atoms with Gasteiger partial charge >= 0.3 is 12.4 Å². The second-order valence-electron chi connectivity index (χ2n) is 8.91. The first-order valence-corrected chi connectivity index (χ1v) is 12.7. The number of hydrogen-bond acceptors (Lipinski definition) is 4. The average molecular weight is 563 g/mol. The third-order valence-corrected chi connectivity index (χ3v) is 7.69. The Bertz CT molecular complexity index is 1350. The Morgan fingerprint density at radius 2 is 1.28 bits per heavy atom. The maximum atomic E-state index is 14.7. The first-order valence-electron chi connectivity index (χ1n) is 11.5. The van der Waals surface area contributed by atoms with Gasteiger partial charge in [0.2, 0.25) is 11.3 Å². The van der Waals surface area contributed by atoms with Crippen LogP contribution in [-0.4, -0.2) is 35.2 Å². The molecule has 1 aliphatic heterocycles. The van der Waals surface area contributed by atoms with Crippen molar-refractivity contribution in [3.63, 3.8) is 0 Å². The standard InChI is InChI=1S/C28H20F6N2O2S/c1-39-21-14-12-18(13-15-21)17-36-23(37)22(16-35)26(27(29,30)31,28(32,33)34)24(38)25(36,19-8-4-2-5-9-19)20-10-6-3-7-11-20/h2-15,22H,17H2,1H3. The number of nitriles is 1. The van der Waals surface area contributed by atoms with Gasteiger partial charge in [0.1, 0.15) is 0 Å². The predicted molar refractivity (Wildman–Crippen MR) is 131 cm³/mol. The van der Waals surface area contributed by atoms with Gasteiger partial charge in [-0.1, -0.05) is 72.8 Å². The molecule has 4 rings (SSSR count). The van der Waals surface area contributed by atoms with Crippen LogP contribution in [0.4, 0.5) is 26.3 Å². The summed E-state index contributed by atoms with van der Waals surface area (Å²) in [7, 11) is 0. The molecule has 0 spiro atoms. The van der Waals surface area contributed by atoms with E-state index in [1.165, 1.54) is 72.4 Å². The SMILES string of the molecule is CSc1ccc(CN2C(=O)C(C#N)C(C(F)(F)F)(C(F)(F)F)C(=O)C2(c2ccccc2)c2ccccc2)cc1. The van der Waals surface area contributed by atoms with Gasteiger partial charge in [-0.15, -0.1) is 11.8 Å². The second-order valence-corrected chi connectivity index (χ2v) is 9.79. The minimum Gasteiger partial charge on any atom is -0.316 e. The highest BCUT2D eigenvalue weighted by Crippen LogP contribution is 2.63. The number of nitrogens with zero attached hydrogens (tertiary/aromatic N) is 2. The van der Waals surface area contributed by atoms with Crippen molar-refractivity contribution in [3.8, 4) is 6.07 Å². The Balaban J connectivity index is 2.15. The number of halogens is 6. The van der Waals surface area contributed by atoms with Crippen molar-refractivity contribution in [3.05, 3.63) is 102 Å². The van der Waals surface area contributed by atoms with Crippen LogP contribution in [0.1, 0.15) is 16.7 Å². The number of likely N-dealkylation sites (tertiary alicyclic amines) is 1. The van der Waals surface area contributed by atoms with E-state index in [1.54, 1.807) is 24.3 Å². The fraction of sp³-hybridized carbons (Fsp3) is 0.250. The van der Waals surface area contributed by atoms with Crippen molar-refractivity contribution in [1.82, 2.24) is 4.90 Å². The van der Waals surface area contributed by atoms with Gasteiger partial charge in [-0.25, -0.2) is 0 Å². The number of piperidine rings is 1. The van der Waals surface area contributed by atoms with Crippen LogP contribution in [0.15, 0.2) is 89.8 Å². The van der Waals surface area contributed by atoms with E-state index < -0.39 is 47.5 Å². The van der Waals surface area contributed by atoms with Gasteiger partial charge < -0.3 is 4.90 Å². The quantitative estimate of drug-likeness (QED) is 0.263. The van der Waals surface area contributed by atoms with Crippen LogP contribution in [0.5, 0.6) is 0 Å². The zero-order valence-electron chi connectivity index (χ0n) is 20.3. The van der Waals surface area contributed by atoms with E-state index >= 15 is 0 Å². The largest absolute Gasteiger partial charge is 0.412 e. The Morgan fingerprint density at radius 3 is 1.67 bits per heavy atom. The van der Waals surface area contributed by atoms with E-state index in [4.69, 9.17) is 0 Å². The van der Waals surface area contributed by atoms with Crippen molar-refractivity contribution in [1.29, 1.82) is 5.26 Å². The molecule has 0 bridgehead atoms. The van der Waals surface area contributed by atoms with Gasteiger partial charge in [-0.3, -0.25) is 9.59 Å². The molecule has 0 radical (unpaired) electrons. The molecular formula is C28H20F6N2O2S. The molecule has 1 saturated heterocycles. The molecule has 1 unspecified atom stereocenters. The molecule has 1 atom stereocenters. The van der Waals surface area contributed by atoms with Gasteiger partial charge in [-0.2, -0.15) is 31.6 Å². The smallest absolute Gasteiger partial charge is 0.316 e. The highest BCUT2D eigenvalue weighted by atomic mass is 32.2. The number of rotatable bonds is 5. The lowest BCUT2D eigenvalue weighted by Gasteiger charge is -2.54.